The molecule has 1 rings (SSSR count). The van der Waals surface area contributed by atoms with Gasteiger partial charge >= 0.3 is 0 Å². The summed E-state index contributed by atoms with van der Waals surface area (Å²) in [5.41, 5.74) is 0. The minimum absolute atomic E-state index is 0.150. The molecule has 0 radical (unpaired) electrons. The maximum Gasteiger partial charge on any atom is 0.0686 e. The standard InChI is InChI=1S/C9H15Cl3S3/c1-4(10)7-13-8(5(2)11)15-9(14-7)6(3)12/h4-9H,1-3H3. The van der Waals surface area contributed by atoms with Crippen molar-refractivity contribution < 1.29 is 0 Å². The van der Waals surface area contributed by atoms with Crippen LogP contribution in [0.4, 0.5) is 0 Å². The van der Waals surface area contributed by atoms with Gasteiger partial charge in [-0.25, -0.2) is 0 Å². The first-order chi connectivity index (χ1) is 6.91. The minimum atomic E-state index is 0.150. The van der Waals surface area contributed by atoms with Gasteiger partial charge in [-0.2, -0.15) is 0 Å². The summed E-state index contributed by atoms with van der Waals surface area (Å²) in [6.07, 6.45) is 0. The van der Waals surface area contributed by atoms with Gasteiger partial charge in [0.25, 0.3) is 0 Å². The van der Waals surface area contributed by atoms with E-state index in [0.717, 1.165) is 0 Å². The van der Waals surface area contributed by atoms with Crippen molar-refractivity contribution in [1.82, 2.24) is 0 Å². The zero-order chi connectivity index (χ0) is 11.6. The lowest BCUT2D eigenvalue weighted by Crippen LogP contribution is -2.30. The van der Waals surface area contributed by atoms with Crippen molar-refractivity contribution in [2.45, 2.75) is 50.6 Å². The Morgan fingerprint density at radius 1 is 0.667 bits per heavy atom. The molecule has 3 atom stereocenters. The summed E-state index contributed by atoms with van der Waals surface area (Å²) < 4.78 is 1.18. The van der Waals surface area contributed by atoms with E-state index in [2.05, 4.69) is 0 Å². The van der Waals surface area contributed by atoms with E-state index in [1.54, 1.807) is 0 Å². The van der Waals surface area contributed by atoms with E-state index in [-0.39, 0.29) is 16.1 Å². The van der Waals surface area contributed by atoms with E-state index < -0.39 is 0 Å². The molecular formula is C9H15Cl3S3. The first-order valence-electron chi connectivity index (χ1n) is 4.80. The Morgan fingerprint density at radius 3 is 1.00 bits per heavy atom. The van der Waals surface area contributed by atoms with Gasteiger partial charge in [-0.05, 0) is 20.8 Å². The van der Waals surface area contributed by atoms with Crippen LogP contribution in [0.25, 0.3) is 0 Å². The molecule has 0 aliphatic carbocycles. The van der Waals surface area contributed by atoms with Crippen LogP contribution in [0.5, 0.6) is 0 Å². The van der Waals surface area contributed by atoms with E-state index in [1.165, 1.54) is 0 Å². The zero-order valence-corrected chi connectivity index (χ0v) is 13.5. The number of alkyl halides is 3. The van der Waals surface area contributed by atoms with Crippen molar-refractivity contribution in [1.29, 1.82) is 0 Å². The largest absolute Gasteiger partial charge is 0.130 e. The Labute approximate surface area is 120 Å². The third-order valence-electron chi connectivity index (χ3n) is 1.93. The van der Waals surface area contributed by atoms with E-state index in [0.29, 0.717) is 13.7 Å². The summed E-state index contributed by atoms with van der Waals surface area (Å²) in [6.45, 7) is 6.11. The SMILES string of the molecule is CC(Cl)C1SC(C(C)Cl)SC(C(C)Cl)S1. The molecule has 0 nitrogen and oxygen atoms in total. The fraction of sp³-hybridized carbons (Fsp3) is 1.00. The molecule has 1 aliphatic rings. The van der Waals surface area contributed by atoms with Crippen LogP contribution in [-0.4, -0.2) is 29.9 Å². The second-order valence-electron chi connectivity index (χ2n) is 3.55. The zero-order valence-electron chi connectivity index (χ0n) is 8.82. The summed E-state index contributed by atoms with van der Waals surface area (Å²) in [6, 6.07) is 0. The van der Waals surface area contributed by atoms with Crippen molar-refractivity contribution in [3.05, 3.63) is 0 Å². The average Bonchev–Trinajstić information content (AvgIpc) is 2.16. The molecule has 0 aromatic carbocycles. The molecule has 0 saturated carbocycles. The molecule has 3 unspecified atom stereocenters. The van der Waals surface area contributed by atoms with Crippen LogP contribution in [0.1, 0.15) is 20.8 Å². The van der Waals surface area contributed by atoms with Crippen molar-refractivity contribution in [3.8, 4) is 0 Å². The molecule has 1 fully saturated rings. The van der Waals surface area contributed by atoms with Crippen molar-refractivity contribution in [3.63, 3.8) is 0 Å². The number of thioether (sulfide) groups is 3. The van der Waals surface area contributed by atoms with Crippen molar-refractivity contribution in [2.24, 2.45) is 0 Å². The molecular weight excluding hydrogens is 311 g/mol. The quantitative estimate of drug-likeness (QED) is 0.666. The molecule has 1 saturated heterocycles. The molecule has 1 heterocycles. The van der Waals surface area contributed by atoms with Crippen LogP contribution >= 0.6 is 70.1 Å². The first-order valence-corrected chi connectivity index (χ1v) is 8.94. The lowest BCUT2D eigenvalue weighted by Gasteiger charge is -2.37. The molecule has 15 heavy (non-hydrogen) atoms. The Hall–Kier alpha value is 1.92. The topological polar surface area (TPSA) is 0 Å². The highest BCUT2D eigenvalue weighted by Gasteiger charge is 2.36. The van der Waals surface area contributed by atoms with Gasteiger partial charge in [-0.3, -0.25) is 0 Å². The van der Waals surface area contributed by atoms with Gasteiger partial charge < -0.3 is 0 Å². The fourth-order valence-corrected chi connectivity index (χ4v) is 7.86. The van der Waals surface area contributed by atoms with Gasteiger partial charge in [0.15, 0.2) is 0 Å². The van der Waals surface area contributed by atoms with Crippen LogP contribution in [0.15, 0.2) is 0 Å². The minimum Gasteiger partial charge on any atom is -0.130 e. The van der Waals surface area contributed by atoms with E-state index in [9.17, 15) is 0 Å². The van der Waals surface area contributed by atoms with Gasteiger partial charge in [0.2, 0.25) is 0 Å². The summed E-state index contributed by atoms with van der Waals surface area (Å²) in [7, 11) is 0. The predicted octanol–water partition coefficient (Wildman–Crippen LogP) is 5.06. The molecule has 6 heteroatoms. The highest BCUT2D eigenvalue weighted by molar-refractivity contribution is 8.33. The van der Waals surface area contributed by atoms with Crippen molar-refractivity contribution >= 4 is 70.1 Å². The fourth-order valence-electron chi connectivity index (χ4n) is 1.14. The number of rotatable bonds is 3. The molecule has 0 aromatic heterocycles. The van der Waals surface area contributed by atoms with Gasteiger partial charge in [0, 0.05) is 0 Å². The summed E-state index contributed by atoms with van der Waals surface area (Å²) in [5.74, 6) is 0. The van der Waals surface area contributed by atoms with Crippen LogP contribution in [-0.2, 0) is 0 Å². The Morgan fingerprint density at radius 2 is 0.867 bits per heavy atom. The van der Waals surface area contributed by atoms with Crippen LogP contribution in [0.2, 0.25) is 0 Å². The summed E-state index contributed by atoms with van der Waals surface area (Å²) >= 11 is 24.1. The summed E-state index contributed by atoms with van der Waals surface area (Å²) in [4.78, 5) is 0. The maximum absolute atomic E-state index is 6.16. The lowest BCUT2D eigenvalue weighted by atomic mass is 10.5. The molecule has 1 aliphatic heterocycles. The van der Waals surface area contributed by atoms with E-state index in [4.69, 9.17) is 34.8 Å². The van der Waals surface area contributed by atoms with Gasteiger partial charge in [0.1, 0.15) is 0 Å². The third-order valence-corrected chi connectivity index (χ3v) is 9.64. The first kappa shape index (κ1) is 15.0. The molecule has 90 valence electrons. The maximum atomic E-state index is 6.16. The normalized spacial score (nSPS) is 38.4. The van der Waals surface area contributed by atoms with Crippen LogP contribution < -0.4 is 0 Å². The highest BCUT2D eigenvalue weighted by Crippen LogP contribution is 2.52. The van der Waals surface area contributed by atoms with Gasteiger partial charge in [-0.15, -0.1) is 70.1 Å². The van der Waals surface area contributed by atoms with Crippen molar-refractivity contribution in [2.75, 3.05) is 0 Å². The smallest absolute Gasteiger partial charge is 0.0686 e. The monoisotopic (exact) mass is 324 g/mol. The number of hydrogen-bond acceptors (Lipinski definition) is 3. The van der Waals surface area contributed by atoms with Crippen LogP contribution in [0.3, 0.4) is 0 Å². The predicted molar refractivity (Wildman–Crippen MR) is 80.1 cm³/mol. The summed E-state index contributed by atoms with van der Waals surface area (Å²) in [5, 5.41) is 0.449. The van der Waals surface area contributed by atoms with Gasteiger partial charge in [0.05, 0.1) is 29.9 Å². The third kappa shape index (κ3) is 4.59. The Balaban J connectivity index is 2.64. The van der Waals surface area contributed by atoms with E-state index >= 15 is 0 Å². The van der Waals surface area contributed by atoms with Gasteiger partial charge in [-0.1, -0.05) is 0 Å². The van der Waals surface area contributed by atoms with E-state index in [1.807, 2.05) is 56.1 Å². The Kier molecular flexibility index (Phi) is 6.74. The molecule has 0 spiro atoms. The molecule has 0 aromatic rings. The average molecular weight is 326 g/mol. The molecule has 0 N–H and O–H groups in total. The highest BCUT2D eigenvalue weighted by atomic mass is 35.5. The second kappa shape index (κ2) is 6.75. The second-order valence-corrected chi connectivity index (χ2v) is 10.4. The Bertz CT molecular complexity index is 160. The molecule has 0 bridgehead atoms. The lowest BCUT2D eigenvalue weighted by molar-refractivity contribution is 0.988. The number of hydrogen-bond donors (Lipinski definition) is 0. The number of halogens is 3. The van der Waals surface area contributed by atoms with Crippen LogP contribution in [0, 0.1) is 0 Å². The molecule has 0 amide bonds.